The van der Waals surface area contributed by atoms with E-state index in [9.17, 15) is 8.42 Å². The van der Waals surface area contributed by atoms with Gasteiger partial charge in [-0.1, -0.05) is 11.6 Å². The molecular weight excluding hydrogens is 226 g/mol. The summed E-state index contributed by atoms with van der Waals surface area (Å²) in [6.07, 6.45) is 1.13. The summed E-state index contributed by atoms with van der Waals surface area (Å²) >= 11 is 5.79. The number of halogens is 1. The van der Waals surface area contributed by atoms with Gasteiger partial charge in [0.2, 0.25) is 0 Å². The van der Waals surface area contributed by atoms with Crippen molar-refractivity contribution < 1.29 is 13.3 Å². The third-order valence-corrected chi connectivity index (χ3v) is 3.16. The zero-order chi connectivity index (χ0) is 10.8. The van der Waals surface area contributed by atoms with Gasteiger partial charge in [-0.05, 0) is 23.8 Å². The van der Waals surface area contributed by atoms with Gasteiger partial charge in [0, 0.05) is 11.3 Å². The summed E-state index contributed by atoms with van der Waals surface area (Å²) in [4.78, 5) is 4.60. The quantitative estimate of drug-likeness (QED) is 0.798. The molecule has 0 aliphatic heterocycles. The van der Waals surface area contributed by atoms with Crippen LogP contribution >= 0.6 is 11.6 Å². The number of rotatable bonds is 3. The van der Waals surface area contributed by atoms with E-state index in [1.165, 1.54) is 18.2 Å². The fourth-order valence-corrected chi connectivity index (χ4v) is 1.83. The number of hydrogen-bond donors (Lipinski definition) is 1. The van der Waals surface area contributed by atoms with Crippen LogP contribution < -0.4 is 5.90 Å². The van der Waals surface area contributed by atoms with Crippen molar-refractivity contribution in [2.45, 2.75) is 11.5 Å². The van der Waals surface area contributed by atoms with Gasteiger partial charge in [0.05, 0.1) is 11.5 Å². The Morgan fingerprint density at radius 2 is 2.14 bits per heavy atom. The molecule has 0 aliphatic rings. The van der Waals surface area contributed by atoms with Crippen molar-refractivity contribution in [2.24, 2.45) is 5.90 Å². The van der Waals surface area contributed by atoms with Gasteiger partial charge < -0.3 is 0 Å². The van der Waals surface area contributed by atoms with E-state index in [-0.39, 0.29) is 11.5 Å². The van der Waals surface area contributed by atoms with Crippen LogP contribution in [0.2, 0.25) is 5.02 Å². The monoisotopic (exact) mass is 235 g/mol. The van der Waals surface area contributed by atoms with Crippen molar-refractivity contribution in [3.05, 3.63) is 28.8 Å². The summed E-state index contributed by atoms with van der Waals surface area (Å²) in [6.45, 7) is 0.0855. The molecule has 1 aromatic carbocycles. The van der Waals surface area contributed by atoms with Gasteiger partial charge in [-0.15, -0.1) is 0 Å². The summed E-state index contributed by atoms with van der Waals surface area (Å²) < 4.78 is 22.4. The van der Waals surface area contributed by atoms with Crippen LogP contribution in [0.15, 0.2) is 23.1 Å². The number of hydrogen-bond acceptors (Lipinski definition) is 4. The number of nitrogens with two attached hydrogens (primary N) is 1. The van der Waals surface area contributed by atoms with Crippen molar-refractivity contribution in [3.8, 4) is 0 Å². The largest absolute Gasteiger partial charge is 0.300 e. The minimum atomic E-state index is -3.22. The first kappa shape index (κ1) is 11.5. The molecule has 6 heteroatoms. The first-order chi connectivity index (χ1) is 6.45. The third-order valence-electron chi connectivity index (χ3n) is 1.68. The molecule has 0 bridgehead atoms. The van der Waals surface area contributed by atoms with Gasteiger partial charge in [-0.2, -0.15) is 0 Å². The van der Waals surface area contributed by atoms with Crippen LogP contribution in [-0.4, -0.2) is 14.7 Å². The molecule has 0 radical (unpaired) electrons. The average molecular weight is 236 g/mol. The van der Waals surface area contributed by atoms with E-state index in [2.05, 4.69) is 4.84 Å². The summed E-state index contributed by atoms with van der Waals surface area (Å²) in [5, 5.41) is 0.433. The van der Waals surface area contributed by atoms with E-state index >= 15 is 0 Å². The molecule has 0 aromatic heterocycles. The van der Waals surface area contributed by atoms with Gasteiger partial charge >= 0.3 is 0 Å². The SMILES string of the molecule is CS(=O)(=O)c1ccc(Cl)c(CON)c1. The molecule has 14 heavy (non-hydrogen) atoms. The average Bonchev–Trinajstić information content (AvgIpc) is 2.07. The smallest absolute Gasteiger partial charge is 0.175 e. The van der Waals surface area contributed by atoms with E-state index in [1.54, 1.807) is 0 Å². The first-order valence-corrected chi connectivity index (χ1v) is 6.02. The lowest BCUT2D eigenvalue weighted by molar-refractivity contribution is 0.124. The molecule has 0 unspecified atom stereocenters. The molecule has 0 saturated heterocycles. The topological polar surface area (TPSA) is 69.4 Å². The van der Waals surface area contributed by atoms with Crippen LogP contribution in [0.3, 0.4) is 0 Å². The van der Waals surface area contributed by atoms with E-state index in [0.29, 0.717) is 10.6 Å². The van der Waals surface area contributed by atoms with E-state index in [1.807, 2.05) is 0 Å². The highest BCUT2D eigenvalue weighted by Crippen LogP contribution is 2.20. The van der Waals surface area contributed by atoms with Gasteiger partial charge in [-0.25, -0.2) is 14.3 Å². The van der Waals surface area contributed by atoms with E-state index < -0.39 is 9.84 Å². The highest BCUT2D eigenvalue weighted by Gasteiger charge is 2.09. The van der Waals surface area contributed by atoms with Crippen molar-refractivity contribution in [1.82, 2.24) is 0 Å². The maximum Gasteiger partial charge on any atom is 0.175 e. The van der Waals surface area contributed by atoms with Gasteiger partial charge in [-0.3, -0.25) is 4.84 Å². The zero-order valence-corrected chi connectivity index (χ0v) is 9.10. The lowest BCUT2D eigenvalue weighted by Crippen LogP contribution is -2.02. The number of sulfone groups is 1. The lowest BCUT2D eigenvalue weighted by atomic mass is 10.2. The van der Waals surface area contributed by atoms with Gasteiger partial charge in [0.25, 0.3) is 0 Å². The Morgan fingerprint density at radius 1 is 1.50 bits per heavy atom. The second-order valence-electron chi connectivity index (χ2n) is 2.84. The van der Waals surface area contributed by atoms with Crippen LogP contribution in [0.4, 0.5) is 0 Å². The van der Waals surface area contributed by atoms with Crippen LogP contribution in [0.1, 0.15) is 5.56 Å². The molecule has 78 valence electrons. The molecule has 0 saturated carbocycles. The minimum Gasteiger partial charge on any atom is -0.300 e. The molecular formula is C8H10ClNO3S. The zero-order valence-electron chi connectivity index (χ0n) is 7.53. The second-order valence-corrected chi connectivity index (χ2v) is 5.26. The Kier molecular flexibility index (Phi) is 3.49. The van der Waals surface area contributed by atoms with Gasteiger partial charge in [0.15, 0.2) is 9.84 Å². The summed E-state index contributed by atoms with van der Waals surface area (Å²) in [5.41, 5.74) is 0.553. The van der Waals surface area contributed by atoms with Crippen LogP contribution in [0.5, 0.6) is 0 Å². The molecule has 4 nitrogen and oxygen atoms in total. The third kappa shape index (κ3) is 2.68. The fraction of sp³-hybridized carbons (Fsp3) is 0.250. The molecule has 0 spiro atoms. The maximum atomic E-state index is 11.2. The van der Waals surface area contributed by atoms with Crippen molar-refractivity contribution in [3.63, 3.8) is 0 Å². The molecule has 1 aromatic rings. The Bertz CT molecular complexity index is 430. The Balaban J connectivity index is 3.20. The van der Waals surface area contributed by atoms with Gasteiger partial charge in [0.1, 0.15) is 0 Å². The van der Waals surface area contributed by atoms with E-state index in [0.717, 1.165) is 6.26 Å². The predicted molar refractivity (Wildman–Crippen MR) is 53.5 cm³/mol. The Labute approximate surface area is 87.5 Å². The summed E-state index contributed by atoms with van der Waals surface area (Å²) in [6, 6.07) is 4.40. The fourth-order valence-electron chi connectivity index (χ4n) is 0.982. The van der Waals surface area contributed by atoms with Crippen molar-refractivity contribution >= 4 is 21.4 Å². The maximum absolute atomic E-state index is 11.2. The number of benzene rings is 1. The van der Waals surface area contributed by atoms with Crippen LogP contribution in [0, 0.1) is 0 Å². The standard InChI is InChI=1S/C8H10ClNO3S/c1-14(11,12)7-2-3-8(9)6(4-7)5-13-10/h2-4H,5,10H2,1H3. The summed E-state index contributed by atoms with van der Waals surface area (Å²) in [5.74, 6) is 4.88. The summed E-state index contributed by atoms with van der Waals surface area (Å²) in [7, 11) is -3.22. The van der Waals surface area contributed by atoms with Crippen LogP contribution in [0.25, 0.3) is 0 Å². The first-order valence-electron chi connectivity index (χ1n) is 3.75. The Hall–Kier alpha value is -0.620. The van der Waals surface area contributed by atoms with Crippen molar-refractivity contribution in [2.75, 3.05) is 6.26 Å². The molecule has 2 N–H and O–H groups in total. The molecule has 0 fully saturated rings. The highest BCUT2D eigenvalue weighted by molar-refractivity contribution is 7.90. The predicted octanol–water partition coefficient (Wildman–Crippen LogP) is 1.13. The molecule has 0 atom stereocenters. The Morgan fingerprint density at radius 3 is 2.64 bits per heavy atom. The van der Waals surface area contributed by atoms with Crippen molar-refractivity contribution in [1.29, 1.82) is 0 Å². The minimum absolute atomic E-state index is 0.0855. The molecule has 0 aliphatic carbocycles. The second kappa shape index (κ2) is 4.27. The van der Waals surface area contributed by atoms with Crippen LogP contribution in [-0.2, 0) is 21.3 Å². The van der Waals surface area contributed by atoms with E-state index in [4.69, 9.17) is 17.5 Å². The highest BCUT2D eigenvalue weighted by atomic mass is 35.5. The lowest BCUT2D eigenvalue weighted by Gasteiger charge is -2.04. The molecule has 1 rings (SSSR count). The molecule has 0 heterocycles. The molecule has 0 amide bonds. The normalized spacial score (nSPS) is 11.6.